The number of furan rings is 1. The zero-order chi connectivity index (χ0) is 24.4. The van der Waals surface area contributed by atoms with Crippen LogP contribution in [-0.2, 0) is 4.79 Å². The number of amides is 1. The van der Waals surface area contributed by atoms with Crippen LogP contribution in [0.1, 0.15) is 11.3 Å². The van der Waals surface area contributed by atoms with E-state index >= 15 is 0 Å². The Bertz CT molecular complexity index is 1530. The van der Waals surface area contributed by atoms with Gasteiger partial charge in [-0.05, 0) is 79.2 Å². The highest BCUT2D eigenvalue weighted by atomic mass is 79.9. The zero-order valence-electron chi connectivity index (χ0n) is 19.0. The number of carbonyl (C=O) groups is 1. The fourth-order valence-electron chi connectivity index (χ4n) is 3.58. The predicted octanol–water partition coefficient (Wildman–Crippen LogP) is 6.41. The van der Waals surface area contributed by atoms with Crippen LogP contribution in [0.3, 0.4) is 0 Å². The molecule has 0 radical (unpaired) electrons. The van der Waals surface area contributed by atoms with Gasteiger partial charge in [-0.2, -0.15) is 4.80 Å². The Labute approximate surface area is 210 Å². The highest BCUT2D eigenvalue weighted by Gasteiger charge is 2.10. The van der Waals surface area contributed by atoms with Crippen molar-refractivity contribution in [3.8, 4) is 22.8 Å². The number of hydrogen-bond donors (Lipinski definition) is 1. The molecule has 0 saturated heterocycles. The number of aromatic nitrogens is 3. The number of carbonyl (C=O) groups excluding carboxylic acids is 1. The lowest BCUT2D eigenvalue weighted by molar-refractivity contribution is -0.111. The van der Waals surface area contributed by atoms with Crippen LogP contribution in [0.2, 0.25) is 0 Å². The molecule has 1 N–H and O–H groups in total. The van der Waals surface area contributed by atoms with Gasteiger partial charge < -0.3 is 14.5 Å². The summed E-state index contributed by atoms with van der Waals surface area (Å²) in [6, 6.07) is 22.7. The minimum absolute atomic E-state index is 0.267. The van der Waals surface area contributed by atoms with E-state index in [0.29, 0.717) is 17.0 Å². The molecule has 0 unspecified atom stereocenters. The van der Waals surface area contributed by atoms with Gasteiger partial charge in [0, 0.05) is 21.8 Å². The van der Waals surface area contributed by atoms with E-state index in [1.54, 1.807) is 18.0 Å². The number of aryl methyl sites for hydroxylation is 1. The Morgan fingerprint density at radius 1 is 1.00 bits per heavy atom. The first kappa shape index (κ1) is 22.6. The van der Waals surface area contributed by atoms with Crippen molar-refractivity contribution >= 4 is 44.6 Å². The summed E-state index contributed by atoms with van der Waals surface area (Å²) in [4.78, 5) is 14.1. The fraction of sp³-hybridized carbons (Fsp3) is 0.0741. The highest BCUT2D eigenvalue weighted by molar-refractivity contribution is 9.10. The Hall–Kier alpha value is -4.17. The van der Waals surface area contributed by atoms with Crippen LogP contribution in [0.25, 0.3) is 34.1 Å². The molecule has 3 aromatic carbocycles. The van der Waals surface area contributed by atoms with Crippen LogP contribution in [0.4, 0.5) is 5.69 Å². The second-order valence-corrected chi connectivity index (χ2v) is 8.79. The van der Waals surface area contributed by atoms with Crippen LogP contribution in [-0.4, -0.2) is 28.0 Å². The minimum atomic E-state index is -0.267. The number of anilines is 1. The van der Waals surface area contributed by atoms with E-state index in [4.69, 9.17) is 9.15 Å². The molecule has 5 rings (SSSR count). The first-order valence-electron chi connectivity index (χ1n) is 10.9. The van der Waals surface area contributed by atoms with Crippen molar-refractivity contribution in [3.63, 3.8) is 0 Å². The van der Waals surface area contributed by atoms with Crippen molar-refractivity contribution in [1.29, 1.82) is 0 Å². The molecule has 0 aliphatic carbocycles. The molecule has 1 amide bonds. The summed E-state index contributed by atoms with van der Waals surface area (Å²) in [5.74, 6) is 1.82. The standard InChI is InChI=1S/C27H21BrN4O3/c1-17-15-24-25(31-32(30-24)20-7-9-21(34-2)10-8-20)16-23(17)29-27(33)14-12-22-11-13-26(35-22)18-3-5-19(28)6-4-18/h3-16H,1-2H3,(H,29,33)/b14-12+. The Morgan fingerprint density at radius 2 is 1.71 bits per heavy atom. The quantitative estimate of drug-likeness (QED) is 0.257. The number of benzene rings is 3. The van der Waals surface area contributed by atoms with Crippen molar-refractivity contribution in [3.05, 3.63) is 94.7 Å². The third-order valence-corrected chi connectivity index (χ3v) is 5.97. The lowest BCUT2D eigenvalue weighted by atomic mass is 10.1. The zero-order valence-corrected chi connectivity index (χ0v) is 20.6. The molecule has 0 aliphatic heterocycles. The number of nitrogens with zero attached hydrogens (tertiary/aromatic N) is 3. The maximum Gasteiger partial charge on any atom is 0.248 e. The van der Waals surface area contributed by atoms with Gasteiger partial charge in [-0.25, -0.2) is 0 Å². The molecule has 0 bridgehead atoms. The van der Waals surface area contributed by atoms with Gasteiger partial charge >= 0.3 is 0 Å². The number of methoxy groups -OCH3 is 1. The second kappa shape index (κ2) is 9.60. The summed E-state index contributed by atoms with van der Waals surface area (Å²) in [5.41, 5.74) is 4.75. The van der Waals surface area contributed by atoms with E-state index in [-0.39, 0.29) is 5.91 Å². The number of fused-ring (bicyclic) bond motifs is 1. The molecule has 2 aromatic heterocycles. The molecular formula is C27H21BrN4O3. The van der Waals surface area contributed by atoms with Crippen molar-refractivity contribution in [2.45, 2.75) is 6.92 Å². The summed E-state index contributed by atoms with van der Waals surface area (Å²) in [6.07, 6.45) is 3.09. The topological polar surface area (TPSA) is 82.2 Å². The van der Waals surface area contributed by atoms with E-state index < -0.39 is 0 Å². The van der Waals surface area contributed by atoms with Gasteiger partial charge in [0.2, 0.25) is 5.91 Å². The molecule has 35 heavy (non-hydrogen) atoms. The summed E-state index contributed by atoms with van der Waals surface area (Å²) in [5, 5.41) is 12.0. The summed E-state index contributed by atoms with van der Waals surface area (Å²) < 4.78 is 12.0. The molecule has 2 heterocycles. The molecule has 0 aliphatic rings. The average molecular weight is 529 g/mol. The third-order valence-electron chi connectivity index (χ3n) is 5.44. The van der Waals surface area contributed by atoms with Crippen LogP contribution in [0.5, 0.6) is 5.75 Å². The van der Waals surface area contributed by atoms with Crippen LogP contribution in [0, 0.1) is 6.92 Å². The van der Waals surface area contributed by atoms with Gasteiger partial charge in [0.05, 0.1) is 12.8 Å². The maximum atomic E-state index is 12.6. The first-order chi connectivity index (χ1) is 17.0. The van der Waals surface area contributed by atoms with Crippen molar-refractivity contribution in [1.82, 2.24) is 15.0 Å². The van der Waals surface area contributed by atoms with Crippen LogP contribution in [0.15, 0.2) is 87.8 Å². The molecule has 0 atom stereocenters. The maximum absolute atomic E-state index is 12.6. The normalized spacial score (nSPS) is 11.3. The number of hydrogen-bond acceptors (Lipinski definition) is 5. The Morgan fingerprint density at radius 3 is 2.43 bits per heavy atom. The van der Waals surface area contributed by atoms with Gasteiger partial charge in [0.15, 0.2) is 0 Å². The lowest BCUT2D eigenvalue weighted by Gasteiger charge is -2.05. The summed E-state index contributed by atoms with van der Waals surface area (Å²) in [6.45, 7) is 1.92. The summed E-state index contributed by atoms with van der Waals surface area (Å²) in [7, 11) is 1.62. The smallest absolute Gasteiger partial charge is 0.248 e. The third kappa shape index (κ3) is 5.02. The highest BCUT2D eigenvalue weighted by Crippen LogP contribution is 2.25. The Kier molecular flexibility index (Phi) is 6.20. The molecular weight excluding hydrogens is 508 g/mol. The molecule has 174 valence electrons. The van der Waals surface area contributed by atoms with Crippen molar-refractivity contribution in [2.24, 2.45) is 0 Å². The molecule has 0 spiro atoms. The second-order valence-electron chi connectivity index (χ2n) is 7.87. The number of nitrogens with one attached hydrogen (secondary N) is 1. The Balaban J connectivity index is 1.30. The van der Waals surface area contributed by atoms with Gasteiger partial charge in [0.25, 0.3) is 0 Å². The molecule has 0 fully saturated rings. The molecule has 5 aromatic rings. The van der Waals surface area contributed by atoms with Gasteiger partial charge in [-0.1, -0.05) is 28.1 Å². The van der Waals surface area contributed by atoms with E-state index in [9.17, 15) is 4.79 Å². The molecule has 8 heteroatoms. The van der Waals surface area contributed by atoms with Crippen molar-refractivity contribution < 1.29 is 13.9 Å². The lowest BCUT2D eigenvalue weighted by Crippen LogP contribution is -2.08. The predicted molar refractivity (Wildman–Crippen MR) is 140 cm³/mol. The van der Waals surface area contributed by atoms with Crippen molar-refractivity contribution in [2.75, 3.05) is 12.4 Å². The summed E-state index contributed by atoms with van der Waals surface area (Å²) >= 11 is 3.43. The van der Waals surface area contributed by atoms with Crippen LogP contribution < -0.4 is 10.1 Å². The monoisotopic (exact) mass is 528 g/mol. The van der Waals surface area contributed by atoms with Gasteiger partial charge in [-0.15, -0.1) is 10.2 Å². The van der Waals surface area contributed by atoms with E-state index in [2.05, 4.69) is 31.4 Å². The first-order valence-corrected chi connectivity index (χ1v) is 11.6. The van der Waals surface area contributed by atoms with E-state index in [1.165, 1.54) is 6.08 Å². The fourth-order valence-corrected chi connectivity index (χ4v) is 3.84. The number of rotatable bonds is 6. The SMILES string of the molecule is COc1ccc(-n2nc3cc(C)c(NC(=O)/C=C/c4ccc(-c5ccc(Br)cc5)o4)cc3n2)cc1. The van der Waals surface area contributed by atoms with Gasteiger partial charge in [0.1, 0.15) is 28.3 Å². The minimum Gasteiger partial charge on any atom is -0.497 e. The van der Waals surface area contributed by atoms with E-state index in [1.807, 2.05) is 79.7 Å². The van der Waals surface area contributed by atoms with E-state index in [0.717, 1.165) is 38.3 Å². The average Bonchev–Trinajstić information content (AvgIpc) is 3.50. The largest absolute Gasteiger partial charge is 0.497 e. The van der Waals surface area contributed by atoms with Gasteiger partial charge in [-0.3, -0.25) is 4.79 Å². The van der Waals surface area contributed by atoms with Crippen LogP contribution >= 0.6 is 15.9 Å². The molecule has 0 saturated carbocycles. The molecule has 7 nitrogen and oxygen atoms in total. The number of ether oxygens (including phenoxy) is 1. The number of halogens is 1.